The Labute approximate surface area is 101 Å². The summed E-state index contributed by atoms with van der Waals surface area (Å²) in [5.74, 6) is 5.72. The van der Waals surface area contributed by atoms with Crippen molar-refractivity contribution in [3.05, 3.63) is 16.1 Å². The molecular formula is C12H21N3S. The van der Waals surface area contributed by atoms with Crippen LogP contribution in [0.25, 0.3) is 0 Å². The number of nitrogens with one attached hydrogen (secondary N) is 1. The summed E-state index contributed by atoms with van der Waals surface area (Å²) in [7, 11) is 0. The van der Waals surface area contributed by atoms with Crippen LogP contribution in [0.1, 0.15) is 43.3 Å². The molecule has 1 aromatic heterocycles. The molecule has 0 aliphatic heterocycles. The van der Waals surface area contributed by atoms with Crippen molar-refractivity contribution in [3.8, 4) is 0 Å². The second kappa shape index (κ2) is 4.82. The highest BCUT2D eigenvalue weighted by molar-refractivity contribution is 7.09. The third-order valence-corrected chi connectivity index (χ3v) is 4.82. The van der Waals surface area contributed by atoms with E-state index in [1.165, 1.54) is 30.7 Å². The zero-order valence-corrected chi connectivity index (χ0v) is 10.9. The zero-order valence-electron chi connectivity index (χ0n) is 10.1. The first-order valence-corrected chi connectivity index (χ1v) is 6.89. The normalized spacial score (nSPS) is 21.2. The van der Waals surface area contributed by atoms with Crippen LogP contribution in [0.5, 0.6) is 0 Å². The molecule has 0 bridgehead atoms. The molecule has 1 heterocycles. The summed E-state index contributed by atoms with van der Waals surface area (Å²) in [5, 5.41) is 3.31. The first-order chi connectivity index (χ1) is 7.64. The molecule has 0 saturated heterocycles. The number of rotatable bonds is 4. The monoisotopic (exact) mass is 239 g/mol. The van der Waals surface area contributed by atoms with Gasteiger partial charge in [-0.3, -0.25) is 11.3 Å². The maximum Gasteiger partial charge on any atom is 0.0944 e. The molecular weight excluding hydrogens is 218 g/mol. The number of hydrogen-bond donors (Lipinski definition) is 2. The van der Waals surface area contributed by atoms with Crippen LogP contribution in [0.4, 0.5) is 0 Å². The average Bonchev–Trinajstić information content (AvgIpc) is 2.85. The Bertz CT molecular complexity index is 342. The van der Waals surface area contributed by atoms with Crippen molar-refractivity contribution in [1.29, 1.82) is 0 Å². The summed E-state index contributed by atoms with van der Waals surface area (Å²) in [4.78, 5) is 4.52. The van der Waals surface area contributed by atoms with Crippen LogP contribution in [0.3, 0.4) is 0 Å². The van der Waals surface area contributed by atoms with E-state index in [9.17, 15) is 0 Å². The van der Waals surface area contributed by atoms with Gasteiger partial charge in [0.15, 0.2) is 0 Å². The minimum absolute atomic E-state index is 0.355. The molecule has 1 aliphatic rings. The van der Waals surface area contributed by atoms with E-state index in [1.54, 1.807) is 11.3 Å². The predicted octanol–water partition coefficient (Wildman–Crippen LogP) is 2.41. The first kappa shape index (κ1) is 12.0. The van der Waals surface area contributed by atoms with E-state index in [2.05, 4.69) is 22.7 Å². The molecule has 0 amide bonds. The Balaban J connectivity index is 2.05. The number of nitrogens with two attached hydrogens (primary N) is 1. The fourth-order valence-electron chi connectivity index (χ4n) is 2.71. The van der Waals surface area contributed by atoms with Crippen molar-refractivity contribution in [2.75, 3.05) is 0 Å². The van der Waals surface area contributed by atoms with E-state index in [0.717, 1.165) is 12.1 Å². The van der Waals surface area contributed by atoms with Crippen molar-refractivity contribution < 1.29 is 0 Å². The molecule has 0 aromatic carbocycles. The predicted molar refractivity (Wildman–Crippen MR) is 68.2 cm³/mol. The van der Waals surface area contributed by atoms with Crippen LogP contribution in [0.2, 0.25) is 0 Å². The fourth-order valence-corrected chi connectivity index (χ4v) is 3.53. The highest BCUT2D eigenvalue weighted by Crippen LogP contribution is 2.41. The minimum atomic E-state index is 0.355. The van der Waals surface area contributed by atoms with Crippen molar-refractivity contribution in [2.24, 2.45) is 11.3 Å². The molecule has 0 radical (unpaired) electrons. The average molecular weight is 239 g/mol. The smallest absolute Gasteiger partial charge is 0.0944 e. The van der Waals surface area contributed by atoms with Gasteiger partial charge < -0.3 is 0 Å². The van der Waals surface area contributed by atoms with Crippen molar-refractivity contribution >= 4 is 11.3 Å². The Hall–Kier alpha value is -0.450. The molecule has 3 N–H and O–H groups in total. The van der Waals surface area contributed by atoms with Crippen LogP contribution in [0, 0.1) is 12.3 Å². The molecule has 1 aliphatic carbocycles. The molecule has 90 valence electrons. The number of aryl methyl sites for hydroxylation is 1. The maximum atomic E-state index is 5.72. The minimum Gasteiger partial charge on any atom is -0.271 e. The van der Waals surface area contributed by atoms with Crippen LogP contribution in [-0.4, -0.2) is 11.0 Å². The van der Waals surface area contributed by atoms with Gasteiger partial charge in [0.25, 0.3) is 0 Å². The molecule has 1 saturated carbocycles. The van der Waals surface area contributed by atoms with Crippen LogP contribution >= 0.6 is 11.3 Å². The van der Waals surface area contributed by atoms with Gasteiger partial charge in [0.2, 0.25) is 0 Å². The Morgan fingerprint density at radius 3 is 2.75 bits per heavy atom. The summed E-state index contributed by atoms with van der Waals surface area (Å²) in [5.41, 5.74) is 4.48. The second-order valence-electron chi connectivity index (χ2n) is 5.17. The highest BCUT2D eigenvalue weighted by atomic mass is 32.1. The van der Waals surface area contributed by atoms with E-state index in [1.807, 2.05) is 6.92 Å². The number of nitrogens with zero attached hydrogens (tertiary/aromatic N) is 1. The van der Waals surface area contributed by atoms with Crippen molar-refractivity contribution in [2.45, 2.75) is 52.0 Å². The zero-order chi connectivity index (χ0) is 11.6. The molecule has 1 aromatic rings. The van der Waals surface area contributed by atoms with Crippen LogP contribution in [-0.2, 0) is 6.42 Å². The van der Waals surface area contributed by atoms with Gasteiger partial charge in [0.1, 0.15) is 0 Å². The Kier molecular flexibility index (Phi) is 3.62. The van der Waals surface area contributed by atoms with Crippen molar-refractivity contribution in [1.82, 2.24) is 10.4 Å². The maximum absolute atomic E-state index is 5.72. The van der Waals surface area contributed by atoms with Gasteiger partial charge in [0, 0.05) is 23.5 Å². The lowest BCUT2D eigenvalue weighted by Gasteiger charge is -2.33. The molecule has 2 rings (SSSR count). The quantitative estimate of drug-likeness (QED) is 0.626. The molecule has 1 atom stereocenters. The lowest BCUT2D eigenvalue weighted by molar-refractivity contribution is 0.220. The van der Waals surface area contributed by atoms with Crippen LogP contribution < -0.4 is 11.3 Å². The van der Waals surface area contributed by atoms with Gasteiger partial charge in [-0.1, -0.05) is 19.8 Å². The summed E-state index contributed by atoms with van der Waals surface area (Å²) in [6.45, 7) is 4.40. The third kappa shape index (κ3) is 2.44. The first-order valence-electron chi connectivity index (χ1n) is 6.01. The van der Waals surface area contributed by atoms with E-state index in [-0.39, 0.29) is 0 Å². The number of thiazole rings is 1. The van der Waals surface area contributed by atoms with E-state index >= 15 is 0 Å². The number of aromatic nitrogens is 1. The fraction of sp³-hybridized carbons (Fsp3) is 0.750. The lowest BCUT2D eigenvalue weighted by Crippen LogP contribution is -2.47. The van der Waals surface area contributed by atoms with Gasteiger partial charge in [-0.2, -0.15) is 0 Å². The standard InChI is InChI=1S/C12H21N3S/c1-9-8-16-11(14-9)7-10(15-13)12(2)5-3-4-6-12/h8,10,15H,3-7,13H2,1-2H3. The largest absolute Gasteiger partial charge is 0.271 e. The second-order valence-corrected chi connectivity index (χ2v) is 6.11. The van der Waals surface area contributed by atoms with Gasteiger partial charge in [-0.05, 0) is 25.2 Å². The van der Waals surface area contributed by atoms with Gasteiger partial charge >= 0.3 is 0 Å². The number of hydrazine groups is 1. The van der Waals surface area contributed by atoms with Gasteiger partial charge in [0.05, 0.1) is 5.01 Å². The SMILES string of the molecule is Cc1csc(CC(NN)C2(C)CCCC2)n1. The molecule has 1 fully saturated rings. The summed E-state index contributed by atoms with van der Waals surface area (Å²) in [6.07, 6.45) is 6.21. The summed E-state index contributed by atoms with van der Waals surface area (Å²) in [6, 6.07) is 0.362. The van der Waals surface area contributed by atoms with Crippen molar-refractivity contribution in [3.63, 3.8) is 0 Å². The highest BCUT2D eigenvalue weighted by Gasteiger charge is 2.36. The molecule has 16 heavy (non-hydrogen) atoms. The molecule has 4 heteroatoms. The van der Waals surface area contributed by atoms with Gasteiger partial charge in [-0.25, -0.2) is 4.98 Å². The third-order valence-electron chi connectivity index (χ3n) is 3.83. The van der Waals surface area contributed by atoms with E-state index < -0.39 is 0 Å². The van der Waals surface area contributed by atoms with E-state index in [4.69, 9.17) is 5.84 Å². The molecule has 1 unspecified atom stereocenters. The lowest BCUT2D eigenvalue weighted by atomic mass is 9.79. The molecule has 0 spiro atoms. The molecule has 3 nitrogen and oxygen atoms in total. The van der Waals surface area contributed by atoms with Gasteiger partial charge in [-0.15, -0.1) is 11.3 Å². The van der Waals surface area contributed by atoms with E-state index in [0.29, 0.717) is 11.5 Å². The Morgan fingerprint density at radius 2 is 2.25 bits per heavy atom. The Morgan fingerprint density at radius 1 is 1.56 bits per heavy atom. The summed E-state index contributed by atoms with van der Waals surface area (Å²) >= 11 is 1.74. The number of hydrogen-bond acceptors (Lipinski definition) is 4. The topological polar surface area (TPSA) is 50.9 Å². The van der Waals surface area contributed by atoms with Crippen LogP contribution in [0.15, 0.2) is 5.38 Å². The summed E-state index contributed by atoms with van der Waals surface area (Å²) < 4.78 is 0.